The summed E-state index contributed by atoms with van der Waals surface area (Å²) in [6.45, 7) is 3.24. The molecule has 1 rings (SSSR count). The molecular formula is C13H18N2. The molecule has 15 heavy (non-hydrogen) atoms. The van der Waals surface area contributed by atoms with Gasteiger partial charge in [-0.2, -0.15) is 5.26 Å². The molecule has 0 heterocycles. The molecule has 0 saturated heterocycles. The van der Waals surface area contributed by atoms with Gasteiger partial charge in [0, 0.05) is 12.2 Å². The molecule has 0 unspecified atom stereocenters. The maximum absolute atomic E-state index is 8.52. The van der Waals surface area contributed by atoms with E-state index < -0.39 is 0 Å². The minimum absolute atomic E-state index is 0.496. The lowest BCUT2D eigenvalue weighted by Crippen LogP contribution is -2.00. The molecule has 0 saturated carbocycles. The highest BCUT2D eigenvalue weighted by molar-refractivity contribution is 5.44. The highest BCUT2D eigenvalue weighted by Gasteiger charge is 1.93. The Labute approximate surface area is 91.9 Å². The average Bonchev–Trinajstić information content (AvgIpc) is 2.27. The van der Waals surface area contributed by atoms with Crippen LogP contribution in [0.5, 0.6) is 0 Å². The number of hydrogen-bond donors (Lipinski definition) is 1. The van der Waals surface area contributed by atoms with Crippen molar-refractivity contribution in [3.63, 3.8) is 0 Å². The molecule has 0 radical (unpaired) electrons. The molecule has 1 aromatic carbocycles. The van der Waals surface area contributed by atoms with Gasteiger partial charge in [0.1, 0.15) is 0 Å². The second-order valence-corrected chi connectivity index (χ2v) is 3.67. The minimum atomic E-state index is 0.496. The molecular weight excluding hydrogens is 184 g/mol. The van der Waals surface area contributed by atoms with Crippen LogP contribution in [0.3, 0.4) is 0 Å². The Morgan fingerprint density at radius 1 is 1.20 bits per heavy atom. The quantitative estimate of drug-likeness (QED) is 0.718. The maximum Gasteiger partial charge on any atom is 0.0669 e. The van der Waals surface area contributed by atoms with Crippen LogP contribution in [0.15, 0.2) is 24.3 Å². The Morgan fingerprint density at radius 2 is 1.93 bits per heavy atom. The van der Waals surface area contributed by atoms with Gasteiger partial charge in [-0.15, -0.1) is 0 Å². The molecule has 0 atom stereocenters. The standard InChI is InChI=1S/C13H18N2/c1-2-3-4-11-15-13-7-5-12(6-8-13)9-10-14/h5-8,15H,2-4,9,11H2,1H3. The van der Waals surface area contributed by atoms with Gasteiger partial charge < -0.3 is 5.32 Å². The predicted octanol–water partition coefficient (Wildman–Crippen LogP) is 3.35. The van der Waals surface area contributed by atoms with E-state index in [1.54, 1.807) is 0 Å². The third kappa shape index (κ3) is 4.51. The van der Waals surface area contributed by atoms with E-state index in [1.165, 1.54) is 19.3 Å². The van der Waals surface area contributed by atoms with Gasteiger partial charge in [0.05, 0.1) is 12.5 Å². The van der Waals surface area contributed by atoms with Crippen molar-refractivity contribution in [2.24, 2.45) is 0 Å². The van der Waals surface area contributed by atoms with Crippen molar-refractivity contribution in [3.8, 4) is 6.07 Å². The van der Waals surface area contributed by atoms with E-state index in [9.17, 15) is 0 Å². The molecule has 1 aromatic rings. The topological polar surface area (TPSA) is 35.8 Å². The summed E-state index contributed by atoms with van der Waals surface area (Å²) in [5, 5.41) is 11.9. The van der Waals surface area contributed by atoms with Gasteiger partial charge in [-0.3, -0.25) is 0 Å². The van der Waals surface area contributed by atoms with E-state index in [1.807, 2.05) is 24.3 Å². The molecule has 0 fully saturated rings. The third-order valence-electron chi connectivity index (χ3n) is 2.35. The largest absolute Gasteiger partial charge is 0.385 e. The molecule has 80 valence electrons. The average molecular weight is 202 g/mol. The number of nitrogens with zero attached hydrogens (tertiary/aromatic N) is 1. The SMILES string of the molecule is CCCCCNc1ccc(CC#N)cc1. The van der Waals surface area contributed by atoms with Gasteiger partial charge in [0.2, 0.25) is 0 Å². The molecule has 0 aliphatic heterocycles. The Bertz CT molecular complexity index is 308. The fourth-order valence-electron chi connectivity index (χ4n) is 1.44. The molecule has 0 spiro atoms. The van der Waals surface area contributed by atoms with Crippen LogP contribution >= 0.6 is 0 Å². The van der Waals surface area contributed by atoms with Gasteiger partial charge in [0.15, 0.2) is 0 Å². The van der Waals surface area contributed by atoms with Crippen LogP contribution in [0.4, 0.5) is 5.69 Å². The maximum atomic E-state index is 8.52. The van der Waals surface area contributed by atoms with E-state index in [0.29, 0.717) is 6.42 Å². The summed E-state index contributed by atoms with van der Waals surface area (Å²) in [4.78, 5) is 0. The first-order chi connectivity index (χ1) is 7.36. The van der Waals surface area contributed by atoms with Gasteiger partial charge in [-0.05, 0) is 24.1 Å². The van der Waals surface area contributed by atoms with Crippen LogP contribution in [0.25, 0.3) is 0 Å². The Balaban J connectivity index is 2.33. The number of anilines is 1. The first-order valence-electron chi connectivity index (χ1n) is 5.56. The zero-order valence-corrected chi connectivity index (χ0v) is 9.29. The van der Waals surface area contributed by atoms with Crippen molar-refractivity contribution in [2.75, 3.05) is 11.9 Å². The summed E-state index contributed by atoms with van der Waals surface area (Å²) >= 11 is 0. The summed E-state index contributed by atoms with van der Waals surface area (Å²) < 4.78 is 0. The summed E-state index contributed by atoms with van der Waals surface area (Å²) in [6, 6.07) is 10.2. The zero-order valence-electron chi connectivity index (χ0n) is 9.29. The number of nitrogens with one attached hydrogen (secondary N) is 1. The molecule has 1 N–H and O–H groups in total. The third-order valence-corrected chi connectivity index (χ3v) is 2.35. The second kappa shape index (κ2) is 6.89. The Morgan fingerprint density at radius 3 is 2.53 bits per heavy atom. The van der Waals surface area contributed by atoms with Crippen molar-refractivity contribution in [2.45, 2.75) is 32.6 Å². The van der Waals surface area contributed by atoms with Gasteiger partial charge >= 0.3 is 0 Å². The lowest BCUT2D eigenvalue weighted by molar-refractivity contribution is 0.744. The molecule has 0 aliphatic rings. The van der Waals surface area contributed by atoms with Crippen LogP contribution in [-0.2, 0) is 6.42 Å². The van der Waals surface area contributed by atoms with Crippen LogP contribution in [0.2, 0.25) is 0 Å². The number of unbranched alkanes of at least 4 members (excludes halogenated alkanes) is 2. The van der Waals surface area contributed by atoms with Crippen molar-refractivity contribution in [3.05, 3.63) is 29.8 Å². The molecule has 0 amide bonds. The van der Waals surface area contributed by atoms with Crippen molar-refractivity contribution < 1.29 is 0 Å². The predicted molar refractivity (Wildman–Crippen MR) is 63.8 cm³/mol. The van der Waals surface area contributed by atoms with Gasteiger partial charge in [0.25, 0.3) is 0 Å². The van der Waals surface area contributed by atoms with Crippen LogP contribution in [0.1, 0.15) is 31.7 Å². The van der Waals surface area contributed by atoms with Gasteiger partial charge in [-0.1, -0.05) is 31.9 Å². The fourth-order valence-corrected chi connectivity index (χ4v) is 1.44. The molecule has 0 aliphatic carbocycles. The first kappa shape index (κ1) is 11.6. The number of hydrogen-bond acceptors (Lipinski definition) is 2. The van der Waals surface area contributed by atoms with Gasteiger partial charge in [-0.25, -0.2) is 0 Å². The van der Waals surface area contributed by atoms with Crippen molar-refractivity contribution >= 4 is 5.69 Å². The summed E-state index contributed by atoms with van der Waals surface area (Å²) in [7, 11) is 0. The molecule has 0 bridgehead atoms. The normalized spacial score (nSPS) is 9.60. The highest BCUT2D eigenvalue weighted by atomic mass is 14.9. The number of nitriles is 1. The smallest absolute Gasteiger partial charge is 0.0669 e. The van der Waals surface area contributed by atoms with Crippen molar-refractivity contribution in [1.82, 2.24) is 0 Å². The number of rotatable bonds is 6. The summed E-state index contributed by atoms with van der Waals surface area (Å²) in [5.41, 5.74) is 2.23. The molecule has 0 aromatic heterocycles. The van der Waals surface area contributed by atoms with E-state index in [4.69, 9.17) is 5.26 Å². The van der Waals surface area contributed by atoms with E-state index in [0.717, 1.165) is 17.8 Å². The molecule has 2 nitrogen and oxygen atoms in total. The van der Waals surface area contributed by atoms with Crippen LogP contribution < -0.4 is 5.32 Å². The zero-order chi connectivity index (χ0) is 10.9. The van der Waals surface area contributed by atoms with Crippen LogP contribution in [-0.4, -0.2) is 6.54 Å². The van der Waals surface area contributed by atoms with E-state index in [2.05, 4.69) is 18.3 Å². The lowest BCUT2D eigenvalue weighted by Gasteiger charge is -2.05. The van der Waals surface area contributed by atoms with E-state index in [-0.39, 0.29) is 0 Å². The van der Waals surface area contributed by atoms with E-state index >= 15 is 0 Å². The lowest BCUT2D eigenvalue weighted by atomic mass is 10.1. The fraction of sp³-hybridized carbons (Fsp3) is 0.462. The summed E-state index contributed by atoms with van der Waals surface area (Å²) in [6.07, 6.45) is 4.24. The minimum Gasteiger partial charge on any atom is -0.385 e. The van der Waals surface area contributed by atoms with Crippen molar-refractivity contribution in [1.29, 1.82) is 5.26 Å². The Kier molecular flexibility index (Phi) is 5.32. The Hall–Kier alpha value is -1.49. The van der Waals surface area contributed by atoms with Crippen LogP contribution in [0, 0.1) is 11.3 Å². The first-order valence-corrected chi connectivity index (χ1v) is 5.56. The molecule has 2 heteroatoms. The summed E-state index contributed by atoms with van der Waals surface area (Å²) in [5.74, 6) is 0. The second-order valence-electron chi connectivity index (χ2n) is 3.67. The monoisotopic (exact) mass is 202 g/mol. The number of benzene rings is 1. The highest BCUT2D eigenvalue weighted by Crippen LogP contribution is 2.10.